The van der Waals surface area contributed by atoms with Gasteiger partial charge in [0.2, 0.25) is 0 Å². The molecule has 0 aromatic carbocycles. The van der Waals surface area contributed by atoms with E-state index in [1.807, 2.05) is 19.9 Å². The maximum atomic E-state index is 13.2. The first-order valence-corrected chi connectivity index (χ1v) is 13.8. The number of esters is 2. The van der Waals surface area contributed by atoms with Crippen LogP contribution in [0.4, 0.5) is 0 Å². The summed E-state index contributed by atoms with van der Waals surface area (Å²) in [5.74, 6) is -0.568. The fraction of sp³-hybridized carbons (Fsp3) is 0.767. The molecule has 1 heterocycles. The molecule has 4 aliphatic carbocycles. The Morgan fingerprint density at radius 3 is 2.35 bits per heavy atom. The molecular weight excluding hydrogens is 472 g/mol. The van der Waals surface area contributed by atoms with Crippen LogP contribution in [0.1, 0.15) is 74.1 Å². The van der Waals surface area contributed by atoms with Gasteiger partial charge in [0.15, 0.2) is 12.1 Å². The van der Waals surface area contributed by atoms with E-state index in [2.05, 4.69) is 26.8 Å². The van der Waals surface area contributed by atoms with Gasteiger partial charge >= 0.3 is 11.9 Å². The molecule has 0 radical (unpaired) electrons. The zero-order valence-corrected chi connectivity index (χ0v) is 23.2. The number of rotatable bonds is 3. The molecule has 1 aliphatic heterocycles. The zero-order chi connectivity index (χ0) is 27.1. The first-order valence-electron chi connectivity index (χ1n) is 13.8. The summed E-state index contributed by atoms with van der Waals surface area (Å²) in [4.78, 5) is 38.3. The lowest BCUT2D eigenvalue weighted by molar-refractivity contribution is -0.238. The molecule has 5 rings (SSSR count). The van der Waals surface area contributed by atoms with Crippen LogP contribution in [-0.2, 0) is 28.6 Å². The second kappa shape index (κ2) is 8.51. The van der Waals surface area contributed by atoms with Gasteiger partial charge in [0, 0.05) is 37.0 Å². The van der Waals surface area contributed by atoms with Gasteiger partial charge in [0.05, 0.1) is 6.61 Å². The van der Waals surface area contributed by atoms with Crippen molar-refractivity contribution in [1.82, 2.24) is 0 Å². The molecule has 10 atom stereocenters. The van der Waals surface area contributed by atoms with E-state index in [4.69, 9.17) is 14.2 Å². The fourth-order valence-electron chi connectivity index (χ4n) is 9.76. The highest BCUT2D eigenvalue weighted by Gasteiger charge is 2.72. The Bertz CT molecular complexity index is 1070. The summed E-state index contributed by atoms with van der Waals surface area (Å²) in [7, 11) is 0. The van der Waals surface area contributed by atoms with Crippen LogP contribution in [0.2, 0.25) is 0 Å². The highest BCUT2D eigenvalue weighted by atomic mass is 16.6. The summed E-state index contributed by atoms with van der Waals surface area (Å²) < 4.78 is 17.8. The molecule has 0 spiro atoms. The van der Waals surface area contributed by atoms with Crippen LogP contribution in [0.3, 0.4) is 0 Å². The Kier molecular flexibility index (Phi) is 6.12. The van der Waals surface area contributed by atoms with Gasteiger partial charge in [0.25, 0.3) is 0 Å². The van der Waals surface area contributed by atoms with Gasteiger partial charge in [-0.05, 0) is 53.9 Å². The van der Waals surface area contributed by atoms with Crippen LogP contribution < -0.4 is 0 Å². The van der Waals surface area contributed by atoms with Gasteiger partial charge in [-0.15, -0.1) is 0 Å². The predicted octanol–water partition coefficient (Wildman–Crippen LogP) is 4.37. The summed E-state index contributed by atoms with van der Waals surface area (Å²) in [6.45, 7) is 13.9. The first kappa shape index (κ1) is 26.6. The van der Waals surface area contributed by atoms with Crippen molar-refractivity contribution in [1.29, 1.82) is 0 Å². The number of aliphatic hydroxyl groups excluding tert-OH is 1. The van der Waals surface area contributed by atoms with Crippen LogP contribution in [0, 0.1) is 45.3 Å². The van der Waals surface area contributed by atoms with E-state index in [0.29, 0.717) is 18.9 Å². The molecule has 7 nitrogen and oxygen atoms in total. The Morgan fingerprint density at radius 2 is 1.76 bits per heavy atom. The quantitative estimate of drug-likeness (QED) is 0.441. The Balaban J connectivity index is 1.68. The normalized spacial score (nSPS) is 47.9. The van der Waals surface area contributed by atoms with Crippen molar-refractivity contribution in [2.24, 2.45) is 45.3 Å². The lowest BCUT2D eigenvalue weighted by atomic mass is 9.37. The van der Waals surface area contributed by atoms with E-state index in [0.717, 1.165) is 19.3 Å². The monoisotopic (exact) mass is 514 g/mol. The van der Waals surface area contributed by atoms with Crippen LogP contribution in [0.25, 0.3) is 0 Å². The smallest absolute Gasteiger partial charge is 0.303 e. The van der Waals surface area contributed by atoms with E-state index in [1.54, 1.807) is 6.08 Å². The number of carbonyl (C=O) groups is 3. The number of allylic oxidation sites excluding steroid dienone is 3. The standard InChI is InChI=1S/C30H42O7/c1-16(31)36-24-25-27(3,4)22(33)11-13-29(25,6)21-10-12-28(5)19(18-14-23(34)35-15-18)8-9-20(28)30(21,7)26(24)37-17(2)32/h9,11,13,18-19,21,23-26,34H,8,10,12,14-15H2,1-7H3. The molecule has 1 N–H and O–H groups in total. The number of carbonyl (C=O) groups excluding carboxylic acids is 3. The number of hydrogen-bond donors (Lipinski definition) is 1. The van der Waals surface area contributed by atoms with Gasteiger partial charge in [-0.3, -0.25) is 14.4 Å². The van der Waals surface area contributed by atoms with Gasteiger partial charge < -0.3 is 19.3 Å². The molecule has 7 heteroatoms. The summed E-state index contributed by atoms with van der Waals surface area (Å²) in [6.07, 6.45) is 7.25. The third-order valence-corrected chi connectivity index (χ3v) is 11.1. The molecular formula is C30H42O7. The number of fused-ring (bicyclic) bond motifs is 5. The van der Waals surface area contributed by atoms with Crippen LogP contribution in [0.15, 0.2) is 23.8 Å². The van der Waals surface area contributed by atoms with Crippen molar-refractivity contribution >= 4 is 17.7 Å². The van der Waals surface area contributed by atoms with Gasteiger partial charge in [-0.25, -0.2) is 0 Å². The van der Waals surface area contributed by atoms with Crippen molar-refractivity contribution < 1.29 is 33.7 Å². The average molecular weight is 515 g/mol. The third kappa shape index (κ3) is 3.63. The molecule has 0 aromatic heterocycles. The van der Waals surface area contributed by atoms with Crippen molar-refractivity contribution in [3.8, 4) is 0 Å². The van der Waals surface area contributed by atoms with Crippen molar-refractivity contribution in [3.63, 3.8) is 0 Å². The zero-order valence-electron chi connectivity index (χ0n) is 23.2. The molecule has 10 unspecified atom stereocenters. The summed E-state index contributed by atoms with van der Waals surface area (Å²) in [5.41, 5.74) is -0.745. The minimum atomic E-state index is -0.798. The lowest BCUT2D eigenvalue weighted by Gasteiger charge is -2.68. The van der Waals surface area contributed by atoms with E-state index in [1.165, 1.54) is 19.4 Å². The number of ketones is 1. The van der Waals surface area contributed by atoms with Crippen molar-refractivity contribution in [2.45, 2.75) is 92.6 Å². The first-order chi connectivity index (χ1) is 17.2. The number of hydrogen-bond acceptors (Lipinski definition) is 7. The summed E-state index contributed by atoms with van der Waals surface area (Å²) in [5, 5.41) is 10.1. The van der Waals surface area contributed by atoms with Crippen LogP contribution >= 0.6 is 0 Å². The topological polar surface area (TPSA) is 99.1 Å². The molecule has 0 bridgehead atoms. The van der Waals surface area contributed by atoms with E-state index in [9.17, 15) is 19.5 Å². The minimum absolute atomic E-state index is 0.00195. The Morgan fingerprint density at radius 1 is 1.08 bits per heavy atom. The second-order valence-corrected chi connectivity index (χ2v) is 13.4. The molecule has 3 fully saturated rings. The van der Waals surface area contributed by atoms with Crippen LogP contribution in [-0.4, -0.2) is 47.9 Å². The van der Waals surface area contributed by atoms with E-state index >= 15 is 0 Å². The molecule has 1 saturated heterocycles. The lowest BCUT2D eigenvalue weighted by Crippen LogP contribution is -2.70. The highest BCUT2D eigenvalue weighted by molar-refractivity contribution is 5.96. The maximum Gasteiger partial charge on any atom is 0.303 e. The maximum absolute atomic E-state index is 13.2. The Labute approximate surface area is 220 Å². The van der Waals surface area contributed by atoms with E-state index < -0.39 is 46.7 Å². The SMILES string of the molecule is CC(=O)OC1C2C(C)(C)C(=O)C=CC2(C)C2CCC3(C)C(=CCC3C3COC(O)C3)C2(C)C1OC(C)=O. The third-order valence-electron chi connectivity index (χ3n) is 11.1. The van der Waals surface area contributed by atoms with Gasteiger partial charge in [0.1, 0.15) is 12.2 Å². The number of aliphatic hydroxyl groups is 1. The summed E-state index contributed by atoms with van der Waals surface area (Å²) in [6, 6.07) is 0. The fourth-order valence-corrected chi connectivity index (χ4v) is 9.76. The van der Waals surface area contributed by atoms with Gasteiger partial charge in [-0.1, -0.05) is 52.3 Å². The Hall–Kier alpha value is -1.99. The molecule has 37 heavy (non-hydrogen) atoms. The second-order valence-electron chi connectivity index (χ2n) is 13.4. The van der Waals surface area contributed by atoms with Crippen molar-refractivity contribution in [2.75, 3.05) is 6.61 Å². The van der Waals surface area contributed by atoms with Crippen LogP contribution in [0.5, 0.6) is 0 Å². The molecule has 204 valence electrons. The molecule has 0 aromatic rings. The molecule has 2 saturated carbocycles. The predicted molar refractivity (Wildman–Crippen MR) is 136 cm³/mol. The minimum Gasteiger partial charge on any atom is -0.458 e. The molecule has 5 aliphatic rings. The largest absolute Gasteiger partial charge is 0.458 e. The van der Waals surface area contributed by atoms with E-state index in [-0.39, 0.29) is 29.0 Å². The summed E-state index contributed by atoms with van der Waals surface area (Å²) >= 11 is 0. The average Bonchev–Trinajstić information content (AvgIpc) is 3.36. The highest BCUT2D eigenvalue weighted by Crippen LogP contribution is 2.73. The van der Waals surface area contributed by atoms with Gasteiger partial charge in [-0.2, -0.15) is 0 Å². The number of ether oxygens (including phenoxy) is 3. The molecule has 0 amide bonds. The van der Waals surface area contributed by atoms with Crippen molar-refractivity contribution in [3.05, 3.63) is 23.8 Å².